The molecule has 0 aliphatic carbocycles. The average Bonchev–Trinajstić information content (AvgIpc) is 2.88. The monoisotopic (exact) mass is 413 g/mol. The molecule has 1 N–H and O–H groups in total. The molecule has 1 saturated heterocycles. The first-order chi connectivity index (χ1) is 13.0. The lowest BCUT2D eigenvalue weighted by atomic mass is 10.2. The van der Waals surface area contributed by atoms with E-state index >= 15 is 0 Å². The zero-order valence-electron chi connectivity index (χ0n) is 15.6. The third kappa shape index (κ3) is 5.45. The highest BCUT2D eigenvalue weighted by Crippen LogP contribution is 2.35. The van der Waals surface area contributed by atoms with Crippen molar-refractivity contribution >= 4 is 33.4 Å². The maximum Gasteiger partial charge on any atom is 0.240 e. The largest absolute Gasteiger partial charge is 0.379 e. The van der Waals surface area contributed by atoms with Crippen molar-refractivity contribution < 1.29 is 17.9 Å². The van der Waals surface area contributed by atoms with Crippen LogP contribution in [0.3, 0.4) is 0 Å². The number of benzene rings is 1. The molecule has 2 heterocycles. The van der Waals surface area contributed by atoms with Gasteiger partial charge in [0, 0.05) is 38.0 Å². The van der Waals surface area contributed by atoms with Crippen LogP contribution >= 0.6 is 11.8 Å². The molecule has 0 unspecified atom stereocenters. The van der Waals surface area contributed by atoms with Gasteiger partial charge < -0.3 is 9.64 Å². The summed E-state index contributed by atoms with van der Waals surface area (Å²) < 4.78 is 33.4. The fourth-order valence-electron chi connectivity index (χ4n) is 3.27. The van der Waals surface area contributed by atoms with Crippen LogP contribution in [-0.4, -0.2) is 70.9 Å². The highest BCUT2D eigenvalue weighted by molar-refractivity contribution is 7.99. The van der Waals surface area contributed by atoms with Crippen LogP contribution < -0.4 is 9.62 Å². The van der Waals surface area contributed by atoms with E-state index in [1.54, 1.807) is 28.8 Å². The highest BCUT2D eigenvalue weighted by atomic mass is 32.2. The van der Waals surface area contributed by atoms with Crippen LogP contribution in [0.2, 0.25) is 0 Å². The lowest BCUT2D eigenvalue weighted by Crippen LogP contribution is -2.38. The minimum atomic E-state index is -3.60. The molecule has 27 heavy (non-hydrogen) atoms. The van der Waals surface area contributed by atoms with Crippen molar-refractivity contribution in [3.05, 3.63) is 18.2 Å². The van der Waals surface area contributed by atoms with E-state index in [4.69, 9.17) is 4.74 Å². The molecule has 1 fully saturated rings. The van der Waals surface area contributed by atoms with Gasteiger partial charge in [0.25, 0.3) is 0 Å². The number of amides is 1. The van der Waals surface area contributed by atoms with Crippen molar-refractivity contribution in [3.63, 3.8) is 0 Å². The first kappa shape index (κ1) is 20.6. The van der Waals surface area contributed by atoms with Crippen molar-refractivity contribution in [2.45, 2.75) is 29.6 Å². The summed E-state index contributed by atoms with van der Waals surface area (Å²) >= 11 is 1.66. The Morgan fingerprint density at radius 2 is 2.04 bits per heavy atom. The first-order valence-corrected chi connectivity index (χ1v) is 11.8. The van der Waals surface area contributed by atoms with Crippen molar-refractivity contribution in [3.8, 4) is 0 Å². The van der Waals surface area contributed by atoms with Crippen molar-refractivity contribution in [1.29, 1.82) is 0 Å². The van der Waals surface area contributed by atoms with E-state index in [9.17, 15) is 13.2 Å². The average molecular weight is 414 g/mol. The number of anilines is 1. The molecule has 150 valence electrons. The van der Waals surface area contributed by atoms with Crippen LogP contribution in [0.25, 0.3) is 0 Å². The number of fused-ring (bicyclic) bond motifs is 1. The molecule has 0 atom stereocenters. The molecule has 9 heteroatoms. The summed E-state index contributed by atoms with van der Waals surface area (Å²) in [7, 11) is -3.60. The minimum Gasteiger partial charge on any atom is -0.379 e. The first-order valence-electron chi connectivity index (χ1n) is 9.32. The second-order valence-corrected chi connectivity index (χ2v) is 9.61. The van der Waals surface area contributed by atoms with Gasteiger partial charge in [0.15, 0.2) is 0 Å². The Bertz CT molecular complexity index is 764. The highest BCUT2D eigenvalue weighted by Gasteiger charge is 2.22. The smallest absolute Gasteiger partial charge is 0.240 e. The number of hydrogen-bond acceptors (Lipinski definition) is 6. The third-order valence-electron chi connectivity index (χ3n) is 4.74. The summed E-state index contributed by atoms with van der Waals surface area (Å²) in [5.41, 5.74) is 0.696. The number of nitrogens with one attached hydrogen (secondary N) is 1. The number of sulfonamides is 1. The van der Waals surface area contributed by atoms with Crippen LogP contribution in [0.15, 0.2) is 28.0 Å². The normalized spacial score (nSPS) is 18.8. The number of morpholine rings is 1. The van der Waals surface area contributed by atoms with Gasteiger partial charge in [-0.25, -0.2) is 13.1 Å². The number of hydrogen-bond donors (Lipinski definition) is 1. The maximum absolute atomic E-state index is 12.7. The second-order valence-electron chi connectivity index (χ2n) is 6.71. The Kier molecular flexibility index (Phi) is 7.16. The van der Waals surface area contributed by atoms with Gasteiger partial charge >= 0.3 is 0 Å². The van der Waals surface area contributed by atoms with Crippen LogP contribution in [0, 0.1) is 0 Å². The van der Waals surface area contributed by atoms with Gasteiger partial charge in [-0.2, -0.15) is 0 Å². The lowest BCUT2D eigenvalue weighted by molar-refractivity contribution is -0.116. The van der Waals surface area contributed by atoms with E-state index in [1.165, 1.54) is 6.92 Å². The SMILES string of the molecule is CC(=O)N1CCCSc2ccc(S(=O)(=O)NCCCN3CCOCC3)cc21. The molecule has 0 aromatic heterocycles. The van der Waals surface area contributed by atoms with Crippen LogP contribution in [-0.2, 0) is 19.6 Å². The molecule has 7 nitrogen and oxygen atoms in total. The standard InChI is InChI=1S/C18H27N3O4S2/c1-15(22)21-8-3-13-26-18-5-4-16(14-17(18)21)27(23,24)19-6-2-7-20-9-11-25-12-10-20/h4-5,14,19H,2-3,6-13H2,1H3. The van der Waals surface area contributed by atoms with Gasteiger partial charge in [-0.1, -0.05) is 0 Å². The summed E-state index contributed by atoms with van der Waals surface area (Å²) in [6, 6.07) is 5.06. The molecule has 3 rings (SSSR count). The van der Waals surface area contributed by atoms with Gasteiger partial charge in [-0.3, -0.25) is 9.69 Å². The maximum atomic E-state index is 12.7. The summed E-state index contributed by atoms with van der Waals surface area (Å²) in [5, 5.41) is 0. The second kappa shape index (κ2) is 9.38. The quantitative estimate of drug-likeness (QED) is 0.713. The summed E-state index contributed by atoms with van der Waals surface area (Å²) in [4.78, 5) is 17.1. The van der Waals surface area contributed by atoms with Crippen LogP contribution in [0.5, 0.6) is 0 Å². The van der Waals surface area contributed by atoms with Crippen LogP contribution in [0.1, 0.15) is 19.8 Å². The predicted molar refractivity (Wildman–Crippen MR) is 107 cm³/mol. The van der Waals surface area contributed by atoms with Crippen molar-refractivity contribution in [2.24, 2.45) is 0 Å². The molecule has 0 saturated carbocycles. The molecule has 0 bridgehead atoms. The Balaban J connectivity index is 1.64. The molecule has 2 aliphatic rings. The molecular formula is C18H27N3O4S2. The molecule has 1 aromatic carbocycles. The Morgan fingerprint density at radius 1 is 1.26 bits per heavy atom. The molecular weight excluding hydrogens is 386 g/mol. The predicted octanol–water partition coefficient (Wildman–Crippen LogP) is 1.54. The van der Waals surface area contributed by atoms with E-state index in [2.05, 4.69) is 9.62 Å². The number of rotatable bonds is 6. The summed E-state index contributed by atoms with van der Waals surface area (Å²) in [6.45, 7) is 6.66. The fourth-order valence-corrected chi connectivity index (χ4v) is 5.34. The number of carbonyl (C=O) groups is 1. The van der Waals surface area contributed by atoms with E-state index < -0.39 is 10.0 Å². The van der Waals surface area contributed by atoms with Crippen molar-refractivity contribution in [2.75, 3.05) is 56.6 Å². The summed E-state index contributed by atoms with van der Waals surface area (Å²) in [5.74, 6) is 0.856. The van der Waals surface area contributed by atoms with Crippen molar-refractivity contribution in [1.82, 2.24) is 9.62 Å². The van der Waals surface area contributed by atoms with Gasteiger partial charge in [0.05, 0.1) is 23.8 Å². The number of carbonyl (C=O) groups excluding carboxylic acids is 1. The zero-order valence-corrected chi connectivity index (χ0v) is 17.3. The zero-order chi connectivity index (χ0) is 19.3. The fraction of sp³-hybridized carbons (Fsp3) is 0.611. The van der Waals surface area contributed by atoms with Crippen LogP contribution in [0.4, 0.5) is 5.69 Å². The Labute approximate surface area is 165 Å². The summed E-state index contributed by atoms with van der Waals surface area (Å²) in [6.07, 6.45) is 1.64. The number of nitrogens with zero attached hydrogens (tertiary/aromatic N) is 2. The Morgan fingerprint density at radius 3 is 2.78 bits per heavy atom. The molecule has 2 aliphatic heterocycles. The lowest BCUT2D eigenvalue weighted by Gasteiger charge is -2.26. The number of thioether (sulfide) groups is 1. The topological polar surface area (TPSA) is 79.0 Å². The molecule has 1 aromatic rings. The molecule has 0 spiro atoms. The van der Waals surface area contributed by atoms with E-state index in [1.807, 2.05) is 6.07 Å². The van der Waals surface area contributed by atoms with E-state index in [0.29, 0.717) is 18.8 Å². The third-order valence-corrected chi connectivity index (χ3v) is 7.35. The van der Waals surface area contributed by atoms with Gasteiger partial charge in [0.2, 0.25) is 15.9 Å². The van der Waals surface area contributed by atoms with E-state index in [-0.39, 0.29) is 10.8 Å². The molecule has 1 amide bonds. The molecule has 0 radical (unpaired) electrons. The van der Waals surface area contributed by atoms with Gasteiger partial charge in [0.1, 0.15) is 0 Å². The number of ether oxygens (including phenoxy) is 1. The van der Waals surface area contributed by atoms with E-state index in [0.717, 1.165) is 56.3 Å². The van der Waals surface area contributed by atoms with Gasteiger partial charge in [-0.05, 0) is 43.3 Å². The minimum absolute atomic E-state index is 0.0632. The van der Waals surface area contributed by atoms with Gasteiger partial charge in [-0.15, -0.1) is 11.8 Å². The Hall–Kier alpha value is -1.13.